The molecule has 16 heavy (non-hydrogen) atoms. The van der Waals surface area contributed by atoms with Gasteiger partial charge >= 0.3 is 0 Å². The molecule has 1 rings (SSSR count). The van der Waals surface area contributed by atoms with Crippen molar-refractivity contribution in [1.29, 1.82) is 0 Å². The van der Waals surface area contributed by atoms with E-state index in [2.05, 4.69) is 10.4 Å². The van der Waals surface area contributed by atoms with Crippen LogP contribution in [-0.2, 0) is 11.3 Å². The largest absolute Gasteiger partial charge is 0.327 e. The van der Waals surface area contributed by atoms with Crippen LogP contribution >= 0.6 is 12.4 Å². The number of halogens is 1. The predicted molar refractivity (Wildman–Crippen MR) is 66.6 cm³/mol. The maximum atomic E-state index is 11.7. The van der Waals surface area contributed by atoms with Gasteiger partial charge in [-0.1, -0.05) is 6.92 Å². The lowest BCUT2D eigenvalue weighted by Gasteiger charge is -2.15. The fourth-order valence-electron chi connectivity index (χ4n) is 1.17. The molecule has 0 aromatic carbocycles. The van der Waals surface area contributed by atoms with Crippen LogP contribution in [0.2, 0.25) is 0 Å². The number of hydrogen-bond donors (Lipinski definition) is 2. The van der Waals surface area contributed by atoms with E-state index < -0.39 is 0 Å². The number of aromatic nitrogens is 2. The van der Waals surface area contributed by atoms with Crippen molar-refractivity contribution in [3.63, 3.8) is 0 Å². The minimum atomic E-state index is -0.204. The van der Waals surface area contributed by atoms with Crippen molar-refractivity contribution in [1.82, 2.24) is 9.78 Å². The first kappa shape index (κ1) is 14.9. The summed E-state index contributed by atoms with van der Waals surface area (Å²) in [5.74, 6) is 0.445. The number of rotatable bonds is 4. The Kier molecular flexibility index (Phi) is 6.06. The summed E-state index contributed by atoms with van der Waals surface area (Å²) >= 11 is 0. The van der Waals surface area contributed by atoms with Crippen LogP contribution in [0.25, 0.3) is 0 Å². The molecule has 0 aliphatic carbocycles. The highest BCUT2D eigenvalue weighted by Gasteiger charge is 2.17. The summed E-state index contributed by atoms with van der Waals surface area (Å²) < 4.78 is 1.73. The highest BCUT2D eigenvalue weighted by Crippen LogP contribution is 2.09. The molecule has 0 aliphatic heterocycles. The van der Waals surface area contributed by atoms with Crippen LogP contribution in [0, 0.1) is 5.92 Å². The van der Waals surface area contributed by atoms with Crippen LogP contribution in [-0.4, -0.2) is 21.7 Å². The molecule has 2 unspecified atom stereocenters. The zero-order chi connectivity index (χ0) is 11.4. The minimum Gasteiger partial charge on any atom is -0.327 e. The molecule has 2 atom stereocenters. The van der Waals surface area contributed by atoms with E-state index in [9.17, 15) is 4.79 Å². The molecular weight excluding hydrogens is 228 g/mol. The van der Waals surface area contributed by atoms with E-state index in [1.165, 1.54) is 0 Å². The van der Waals surface area contributed by atoms with Gasteiger partial charge in [0.1, 0.15) is 5.82 Å². The molecule has 5 nitrogen and oxygen atoms in total. The van der Waals surface area contributed by atoms with Gasteiger partial charge in [0.2, 0.25) is 5.91 Å². The van der Waals surface area contributed by atoms with Crippen molar-refractivity contribution in [2.45, 2.75) is 33.4 Å². The number of carbonyl (C=O) groups is 1. The number of nitrogens with two attached hydrogens (primary N) is 1. The number of aryl methyl sites for hydroxylation is 1. The standard InChI is InChI=1S/C10H18N4O.ClH/c1-4-14-9(5-6-12-14)13-10(15)7(2)8(3)11;/h5-8H,4,11H2,1-3H3,(H,13,15);1H. The summed E-state index contributed by atoms with van der Waals surface area (Å²) in [5, 5.41) is 6.87. The fourth-order valence-corrected chi connectivity index (χ4v) is 1.17. The average Bonchev–Trinajstić information content (AvgIpc) is 2.63. The zero-order valence-corrected chi connectivity index (χ0v) is 10.6. The van der Waals surface area contributed by atoms with E-state index >= 15 is 0 Å². The van der Waals surface area contributed by atoms with Gasteiger partial charge in [-0.3, -0.25) is 4.79 Å². The van der Waals surface area contributed by atoms with Crippen molar-refractivity contribution in [2.24, 2.45) is 11.7 Å². The Balaban J connectivity index is 0.00000225. The van der Waals surface area contributed by atoms with Crippen LogP contribution in [0.15, 0.2) is 12.3 Å². The van der Waals surface area contributed by atoms with Gasteiger partial charge in [-0.25, -0.2) is 4.68 Å². The fraction of sp³-hybridized carbons (Fsp3) is 0.600. The second-order valence-electron chi connectivity index (χ2n) is 3.67. The maximum Gasteiger partial charge on any atom is 0.229 e. The summed E-state index contributed by atoms with van der Waals surface area (Å²) in [6, 6.07) is 1.62. The topological polar surface area (TPSA) is 72.9 Å². The van der Waals surface area contributed by atoms with E-state index in [-0.39, 0.29) is 30.3 Å². The number of nitrogens with zero attached hydrogens (tertiary/aromatic N) is 2. The summed E-state index contributed by atoms with van der Waals surface area (Å²) in [5.41, 5.74) is 5.65. The Bertz CT molecular complexity index is 337. The van der Waals surface area contributed by atoms with Crippen molar-refractivity contribution >= 4 is 24.1 Å². The first-order valence-electron chi connectivity index (χ1n) is 5.14. The number of hydrogen-bond acceptors (Lipinski definition) is 3. The van der Waals surface area contributed by atoms with E-state index in [4.69, 9.17) is 5.73 Å². The molecule has 3 N–H and O–H groups in total. The summed E-state index contributed by atoms with van der Waals surface area (Å²) in [4.78, 5) is 11.7. The number of amides is 1. The Labute approximate surface area is 102 Å². The van der Waals surface area contributed by atoms with Gasteiger partial charge in [0.05, 0.1) is 12.1 Å². The van der Waals surface area contributed by atoms with Gasteiger partial charge in [0, 0.05) is 18.7 Å². The number of carbonyl (C=O) groups excluding carboxylic acids is 1. The van der Waals surface area contributed by atoms with Crippen molar-refractivity contribution in [3.8, 4) is 0 Å². The quantitative estimate of drug-likeness (QED) is 0.840. The highest BCUT2D eigenvalue weighted by molar-refractivity contribution is 5.91. The molecule has 0 aliphatic rings. The van der Waals surface area contributed by atoms with Crippen LogP contribution < -0.4 is 11.1 Å². The molecule has 0 saturated heterocycles. The smallest absolute Gasteiger partial charge is 0.229 e. The van der Waals surface area contributed by atoms with Gasteiger partial charge < -0.3 is 11.1 Å². The Morgan fingerprint density at radius 1 is 1.62 bits per heavy atom. The molecule has 92 valence electrons. The predicted octanol–water partition coefficient (Wildman–Crippen LogP) is 1.25. The highest BCUT2D eigenvalue weighted by atomic mass is 35.5. The third kappa shape index (κ3) is 3.50. The SMILES string of the molecule is CCn1nccc1NC(=O)C(C)C(C)N.Cl. The molecule has 1 amide bonds. The second kappa shape index (κ2) is 6.50. The molecule has 0 saturated carbocycles. The average molecular weight is 247 g/mol. The molecule has 6 heteroatoms. The van der Waals surface area contributed by atoms with Gasteiger partial charge in [-0.15, -0.1) is 12.4 Å². The molecule has 0 spiro atoms. The monoisotopic (exact) mass is 246 g/mol. The lowest BCUT2D eigenvalue weighted by atomic mass is 10.0. The van der Waals surface area contributed by atoms with Gasteiger partial charge in [0.25, 0.3) is 0 Å². The lowest BCUT2D eigenvalue weighted by Crippen LogP contribution is -2.34. The number of nitrogens with one attached hydrogen (secondary N) is 1. The summed E-state index contributed by atoms with van der Waals surface area (Å²) in [6.45, 7) is 6.33. The number of anilines is 1. The molecule has 1 aromatic rings. The van der Waals surface area contributed by atoms with Crippen LogP contribution in [0.5, 0.6) is 0 Å². The van der Waals surface area contributed by atoms with Gasteiger partial charge in [0.15, 0.2) is 0 Å². The Morgan fingerprint density at radius 3 is 2.75 bits per heavy atom. The summed E-state index contributed by atoms with van der Waals surface area (Å²) in [6.07, 6.45) is 1.66. The Morgan fingerprint density at radius 2 is 2.25 bits per heavy atom. The minimum absolute atomic E-state index is 0. The van der Waals surface area contributed by atoms with Gasteiger partial charge in [-0.05, 0) is 13.8 Å². The van der Waals surface area contributed by atoms with Gasteiger partial charge in [-0.2, -0.15) is 5.10 Å². The first-order valence-corrected chi connectivity index (χ1v) is 5.14. The van der Waals surface area contributed by atoms with Crippen molar-refractivity contribution < 1.29 is 4.79 Å². The lowest BCUT2D eigenvalue weighted by molar-refractivity contribution is -0.119. The Hall–Kier alpha value is -1.07. The first-order chi connectivity index (χ1) is 7.06. The molecule has 0 bridgehead atoms. The zero-order valence-electron chi connectivity index (χ0n) is 9.80. The molecule has 0 fully saturated rings. The molecular formula is C10H19ClN4O. The van der Waals surface area contributed by atoms with Crippen molar-refractivity contribution in [2.75, 3.05) is 5.32 Å². The molecule has 0 radical (unpaired) electrons. The van der Waals surface area contributed by atoms with Crippen LogP contribution in [0.1, 0.15) is 20.8 Å². The van der Waals surface area contributed by atoms with E-state index in [0.717, 1.165) is 12.4 Å². The van der Waals surface area contributed by atoms with E-state index in [1.54, 1.807) is 16.9 Å². The van der Waals surface area contributed by atoms with E-state index in [0.29, 0.717) is 0 Å². The third-order valence-electron chi connectivity index (χ3n) is 2.47. The second-order valence-corrected chi connectivity index (χ2v) is 3.67. The van der Waals surface area contributed by atoms with Crippen molar-refractivity contribution in [3.05, 3.63) is 12.3 Å². The molecule has 1 aromatic heterocycles. The van der Waals surface area contributed by atoms with E-state index in [1.807, 2.05) is 20.8 Å². The molecule has 1 heterocycles. The third-order valence-corrected chi connectivity index (χ3v) is 2.47. The summed E-state index contributed by atoms with van der Waals surface area (Å²) in [7, 11) is 0. The van der Waals surface area contributed by atoms with Crippen LogP contribution in [0.3, 0.4) is 0 Å². The normalized spacial score (nSPS) is 13.8. The van der Waals surface area contributed by atoms with Crippen LogP contribution in [0.4, 0.5) is 5.82 Å². The maximum absolute atomic E-state index is 11.7.